The fourth-order valence-corrected chi connectivity index (χ4v) is 4.16. The lowest BCUT2D eigenvalue weighted by Gasteiger charge is -2.26. The molecule has 0 radical (unpaired) electrons. The number of H-pyrrole nitrogens is 1. The van der Waals surface area contributed by atoms with Crippen LogP contribution in [0.3, 0.4) is 0 Å². The van der Waals surface area contributed by atoms with Gasteiger partial charge in [0.15, 0.2) is 0 Å². The first-order chi connectivity index (χ1) is 15.5. The minimum atomic E-state index is -0.554. The summed E-state index contributed by atoms with van der Waals surface area (Å²) < 4.78 is 0. The predicted octanol–water partition coefficient (Wildman–Crippen LogP) is 4.78. The van der Waals surface area contributed by atoms with Crippen molar-refractivity contribution in [2.45, 2.75) is 12.6 Å². The highest BCUT2D eigenvalue weighted by molar-refractivity contribution is 6.30. The highest BCUT2D eigenvalue weighted by Crippen LogP contribution is 2.44. The molecule has 8 nitrogen and oxygen atoms in total. The summed E-state index contributed by atoms with van der Waals surface area (Å²) in [5, 5.41) is 19.3. The summed E-state index contributed by atoms with van der Waals surface area (Å²) in [6.45, 7) is 0.294. The van der Waals surface area contributed by atoms with Crippen LogP contribution in [0.4, 0.5) is 5.69 Å². The van der Waals surface area contributed by atoms with Gasteiger partial charge in [0.25, 0.3) is 11.6 Å². The zero-order valence-electron chi connectivity index (χ0n) is 16.6. The van der Waals surface area contributed by atoms with E-state index < -0.39 is 11.0 Å². The summed E-state index contributed by atoms with van der Waals surface area (Å²) in [5.74, 6) is -0.229. The average molecular weight is 446 g/mol. The number of halogens is 1. The molecule has 1 atom stereocenters. The molecule has 0 bridgehead atoms. The average Bonchev–Trinajstić information content (AvgIpc) is 3.34. The van der Waals surface area contributed by atoms with Crippen molar-refractivity contribution in [1.29, 1.82) is 0 Å². The monoisotopic (exact) mass is 445 g/mol. The largest absolute Gasteiger partial charge is 0.322 e. The van der Waals surface area contributed by atoms with Gasteiger partial charge in [0.2, 0.25) is 0 Å². The van der Waals surface area contributed by atoms with E-state index in [2.05, 4.69) is 15.2 Å². The van der Waals surface area contributed by atoms with Crippen molar-refractivity contribution in [2.75, 3.05) is 0 Å². The molecule has 1 aliphatic rings. The smallest absolute Gasteiger partial charge is 0.273 e. The Hall–Kier alpha value is -4.04. The Bertz CT molecular complexity index is 1320. The van der Waals surface area contributed by atoms with E-state index in [0.29, 0.717) is 34.1 Å². The Labute approximate surface area is 187 Å². The Morgan fingerprint density at radius 2 is 1.94 bits per heavy atom. The summed E-state index contributed by atoms with van der Waals surface area (Å²) in [4.78, 5) is 30.2. The molecule has 1 N–H and O–H groups in total. The molecule has 1 unspecified atom stereocenters. The van der Waals surface area contributed by atoms with E-state index in [1.54, 1.807) is 47.6 Å². The first kappa shape index (κ1) is 19.9. The van der Waals surface area contributed by atoms with E-state index >= 15 is 0 Å². The third-order valence-corrected chi connectivity index (χ3v) is 5.71. The fourth-order valence-electron chi connectivity index (χ4n) is 4.03. The fraction of sp³-hybridized carbons (Fsp3) is 0.0870. The lowest BCUT2D eigenvalue weighted by Crippen LogP contribution is -2.29. The number of fused-ring (bicyclic) bond motifs is 1. The second-order valence-corrected chi connectivity index (χ2v) is 7.85. The lowest BCUT2D eigenvalue weighted by atomic mass is 9.95. The molecule has 0 saturated carbocycles. The Morgan fingerprint density at radius 3 is 2.66 bits per heavy atom. The Kier molecular flexibility index (Phi) is 4.91. The number of carbonyl (C=O) groups is 1. The number of aromatic nitrogens is 3. The minimum Gasteiger partial charge on any atom is -0.322 e. The van der Waals surface area contributed by atoms with E-state index in [0.717, 1.165) is 11.1 Å². The first-order valence-corrected chi connectivity index (χ1v) is 10.2. The number of pyridine rings is 1. The zero-order chi connectivity index (χ0) is 22.2. The van der Waals surface area contributed by atoms with Gasteiger partial charge in [-0.25, -0.2) is 0 Å². The van der Waals surface area contributed by atoms with Gasteiger partial charge in [-0.05, 0) is 29.3 Å². The van der Waals surface area contributed by atoms with Gasteiger partial charge in [0.1, 0.15) is 5.69 Å². The van der Waals surface area contributed by atoms with Crippen molar-refractivity contribution in [1.82, 2.24) is 20.1 Å². The molecule has 4 aromatic rings. The minimum absolute atomic E-state index is 0.0405. The van der Waals surface area contributed by atoms with Crippen molar-refractivity contribution in [3.63, 3.8) is 0 Å². The van der Waals surface area contributed by atoms with Crippen LogP contribution in [-0.2, 0) is 6.54 Å². The van der Waals surface area contributed by atoms with Crippen LogP contribution in [0.1, 0.15) is 33.2 Å². The number of non-ortho nitro benzene ring substituents is 1. The van der Waals surface area contributed by atoms with Crippen molar-refractivity contribution in [3.8, 4) is 11.3 Å². The maximum atomic E-state index is 13.4. The molecule has 3 heterocycles. The molecule has 32 heavy (non-hydrogen) atoms. The number of hydrogen-bond donors (Lipinski definition) is 1. The van der Waals surface area contributed by atoms with E-state index in [4.69, 9.17) is 11.6 Å². The van der Waals surface area contributed by atoms with Crippen LogP contribution in [0, 0.1) is 10.1 Å². The third-order valence-electron chi connectivity index (χ3n) is 5.45. The van der Waals surface area contributed by atoms with Crippen molar-refractivity contribution >= 4 is 23.2 Å². The van der Waals surface area contributed by atoms with Gasteiger partial charge in [0.05, 0.1) is 16.7 Å². The number of nitro groups is 1. The molecule has 0 saturated heterocycles. The summed E-state index contributed by atoms with van der Waals surface area (Å²) >= 11 is 6.04. The number of carbonyl (C=O) groups excluding carboxylic acids is 1. The first-order valence-electron chi connectivity index (χ1n) is 9.81. The number of hydrogen-bond acceptors (Lipinski definition) is 5. The van der Waals surface area contributed by atoms with Crippen LogP contribution in [0.25, 0.3) is 11.3 Å². The van der Waals surface area contributed by atoms with Crippen molar-refractivity contribution in [3.05, 3.63) is 111 Å². The molecular weight excluding hydrogens is 430 g/mol. The molecule has 158 valence electrons. The van der Waals surface area contributed by atoms with Crippen LogP contribution >= 0.6 is 11.6 Å². The Morgan fingerprint density at radius 1 is 1.12 bits per heavy atom. The summed E-state index contributed by atoms with van der Waals surface area (Å²) in [6, 6.07) is 16.7. The SMILES string of the molecule is O=C1c2[nH]nc(-c3ccc(Cl)cc3)c2C(c2cccc([N+](=O)[O-])c2)N1Cc1cccnc1. The summed E-state index contributed by atoms with van der Waals surface area (Å²) in [5.41, 5.74) is 3.89. The maximum absolute atomic E-state index is 13.4. The molecular formula is C23H16ClN5O3. The molecule has 0 fully saturated rings. The predicted molar refractivity (Wildman–Crippen MR) is 118 cm³/mol. The highest BCUT2D eigenvalue weighted by atomic mass is 35.5. The highest BCUT2D eigenvalue weighted by Gasteiger charge is 2.42. The van der Waals surface area contributed by atoms with Gasteiger partial charge in [0, 0.05) is 47.2 Å². The van der Waals surface area contributed by atoms with Gasteiger partial charge >= 0.3 is 0 Å². The van der Waals surface area contributed by atoms with E-state index in [9.17, 15) is 14.9 Å². The number of benzene rings is 2. The van der Waals surface area contributed by atoms with Crippen molar-refractivity contribution in [2.24, 2.45) is 0 Å². The molecule has 2 aromatic heterocycles. The quantitative estimate of drug-likeness (QED) is 0.351. The zero-order valence-corrected chi connectivity index (χ0v) is 17.4. The van der Waals surface area contributed by atoms with E-state index in [-0.39, 0.29) is 11.6 Å². The summed E-state index contributed by atoms with van der Waals surface area (Å²) in [6.07, 6.45) is 3.36. The van der Waals surface area contributed by atoms with Crippen LogP contribution in [0.15, 0.2) is 73.1 Å². The second kappa shape index (κ2) is 7.90. The number of nitro benzene ring substituents is 1. The van der Waals surface area contributed by atoms with E-state index in [1.165, 1.54) is 12.1 Å². The molecule has 9 heteroatoms. The van der Waals surface area contributed by atoms with Crippen LogP contribution < -0.4 is 0 Å². The lowest BCUT2D eigenvalue weighted by molar-refractivity contribution is -0.384. The molecule has 1 amide bonds. The normalized spacial score (nSPS) is 15.1. The number of aromatic amines is 1. The molecule has 2 aromatic carbocycles. The number of rotatable bonds is 5. The van der Waals surface area contributed by atoms with Crippen LogP contribution in [0.5, 0.6) is 0 Å². The van der Waals surface area contributed by atoms with Gasteiger partial charge < -0.3 is 4.90 Å². The summed E-state index contributed by atoms with van der Waals surface area (Å²) in [7, 11) is 0. The van der Waals surface area contributed by atoms with Gasteiger partial charge in [-0.3, -0.25) is 25.0 Å². The molecule has 5 rings (SSSR count). The number of nitrogens with one attached hydrogen (secondary N) is 1. The maximum Gasteiger partial charge on any atom is 0.273 e. The topological polar surface area (TPSA) is 105 Å². The molecule has 1 aliphatic heterocycles. The molecule has 0 aliphatic carbocycles. The molecule has 0 spiro atoms. The standard InChI is InChI=1S/C23H16ClN5O3/c24-17-8-6-15(7-9-17)20-19-21(27-26-20)23(30)28(13-14-3-2-10-25-12-14)22(19)16-4-1-5-18(11-16)29(31)32/h1-12,22H,13H2,(H,26,27). The van der Waals surface area contributed by atoms with Crippen LogP contribution in [0.2, 0.25) is 5.02 Å². The van der Waals surface area contributed by atoms with Crippen molar-refractivity contribution < 1.29 is 9.72 Å². The third kappa shape index (κ3) is 3.40. The van der Waals surface area contributed by atoms with Gasteiger partial charge in [-0.1, -0.05) is 41.9 Å². The Balaban J connectivity index is 1.67. The second-order valence-electron chi connectivity index (χ2n) is 7.42. The van der Waals surface area contributed by atoms with Gasteiger partial charge in [-0.2, -0.15) is 5.10 Å². The van der Waals surface area contributed by atoms with Crippen LogP contribution in [-0.4, -0.2) is 30.9 Å². The van der Waals surface area contributed by atoms with E-state index in [1.807, 2.05) is 18.2 Å². The number of amides is 1. The number of nitrogens with zero attached hydrogens (tertiary/aromatic N) is 4. The van der Waals surface area contributed by atoms with Gasteiger partial charge in [-0.15, -0.1) is 0 Å².